The van der Waals surface area contributed by atoms with Gasteiger partial charge in [0.05, 0.1) is 12.9 Å². The molecule has 0 bridgehead atoms. The first-order valence-electron chi connectivity index (χ1n) is 11.4. The highest BCUT2D eigenvalue weighted by Crippen LogP contribution is 2.27. The highest BCUT2D eigenvalue weighted by atomic mass is 32.2. The van der Waals surface area contributed by atoms with E-state index in [2.05, 4.69) is 57.8 Å². The number of benzene rings is 2. The van der Waals surface area contributed by atoms with Gasteiger partial charge in [-0.1, -0.05) is 36.0 Å². The SMILES string of the molecule is CCn1c(SCC(=O)N2CCCN(c3ccc(OC)cc3)CC2)nnc1-c1ccccc1C. The molecule has 2 aromatic carbocycles. The van der Waals surface area contributed by atoms with Crippen molar-refractivity contribution in [2.75, 3.05) is 43.9 Å². The number of thioether (sulfide) groups is 1. The molecule has 1 fully saturated rings. The van der Waals surface area contributed by atoms with Gasteiger partial charge in [-0.05, 0) is 50.1 Å². The summed E-state index contributed by atoms with van der Waals surface area (Å²) < 4.78 is 7.35. The van der Waals surface area contributed by atoms with Gasteiger partial charge in [0.25, 0.3) is 0 Å². The lowest BCUT2D eigenvalue weighted by molar-refractivity contribution is -0.128. The topological polar surface area (TPSA) is 63.5 Å². The van der Waals surface area contributed by atoms with E-state index in [-0.39, 0.29) is 5.91 Å². The molecule has 1 aliphatic rings. The van der Waals surface area contributed by atoms with Gasteiger partial charge in [-0.25, -0.2) is 0 Å². The number of anilines is 1. The van der Waals surface area contributed by atoms with Crippen molar-refractivity contribution in [3.63, 3.8) is 0 Å². The highest BCUT2D eigenvalue weighted by molar-refractivity contribution is 7.99. The Bertz CT molecular complexity index is 1080. The maximum absolute atomic E-state index is 13.0. The number of aryl methyl sites for hydroxylation is 1. The number of amides is 1. The van der Waals surface area contributed by atoms with E-state index in [1.165, 1.54) is 23.0 Å². The third-order valence-corrected chi connectivity index (χ3v) is 6.98. The Morgan fingerprint density at radius 3 is 2.55 bits per heavy atom. The molecule has 0 radical (unpaired) electrons. The van der Waals surface area contributed by atoms with Crippen molar-refractivity contribution in [3.05, 3.63) is 54.1 Å². The summed E-state index contributed by atoms with van der Waals surface area (Å²) in [6, 6.07) is 16.3. The van der Waals surface area contributed by atoms with Crippen LogP contribution in [0.15, 0.2) is 53.7 Å². The van der Waals surface area contributed by atoms with Crippen molar-refractivity contribution in [2.24, 2.45) is 0 Å². The minimum Gasteiger partial charge on any atom is -0.497 e. The fourth-order valence-electron chi connectivity index (χ4n) is 4.14. The van der Waals surface area contributed by atoms with Crippen LogP contribution in [0.4, 0.5) is 5.69 Å². The minimum atomic E-state index is 0.152. The summed E-state index contributed by atoms with van der Waals surface area (Å²) in [6.45, 7) is 8.18. The van der Waals surface area contributed by atoms with Crippen molar-refractivity contribution in [1.82, 2.24) is 19.7 Å². The smallest absolute Gasteiger partial charge is 0.233 e. The van der Waals surface area contributed by atoms with Crippen molar-refractivity contribution in [2.45, 2.75) is 32.0 Å². The minimum absolute atomic E-state index is 0.152. The van der Waals surface area contributed by atoms with Crippen LogP contribution in [0.5, 0.6) is 5.75 Å². The maximum Gasteiger partial charge on any atom is 0.233 e. The van der Waals surface area contributed by atoms with E-state index in [4.69, 9.17) is 4.74 Å². The Morgan fingerprint density at radius 1 is 1.03 bits per heavy atom. The number of hydrogen-bond acceptors (Lipinski definition) is 6. The van der Waals surface area contributed by atoms with Gasteiger partial charge in [0.1, 0.15) is 5.75 Å². The highest BCUT2D eigenvalue weighted by Gasteiger charge is 2.21. The van der Waals surface area contributed by atoms with Crippen LogP contribution in [-0.2, 0) is 11.3 Å². The average molecular weight is 466 g/mol. The molecule has 4 rings (SSSR count). The number of carbonyl (C=O) groups excluding carboxylic acids is 1. The van der Waals surface area contributed by atoms with Gasteiger partial charge in [0, 0.05) is 44.0 Å². The summed E-state index contributed by atoms with van der Waals surface area (Å²) in [7, 11) is 1.68. The fraction of sp³-hybridized carbons (Fsp3) is 0.400. The van der Waals surface area contributed by atoms with Crippen LogP contribution in [0, 0.1) is 6.92 Å². The van der Waals surface area contributed by atoms with Crippen molar-refractivity contribution >= 4 is 23.4 Å². The molecule has 174 valence electrons. The Morgan fingerprint density at radius 2 is 1.82 bits per heavy atom. The number of ether oxygens (including phenoxy) is 1. The van der Waals surface area contributed by atoms with Crippen LogP contribution < -0.4 is 9.64 Å². The molecule has 1 saturated heterocycles. The molecule has 0 unspecified atom stereocenters. The lowest BCUT2D eigenvalue weighted by Crippen LogP contribution is -2.36. The van der Waals surface area contributed by atoms with Crippen LogP contribution in [0.2, 0.25) is 0 Å². The van der Waals surface area contributed by atoms with Gasteiger partial charge in [0.2, 0.25) is 5.91 Å². The lowest BCUT2D eigenvalue weighted by Gasteiger charge is -2.24. The first kappa shape index (κ1) is 23.2. The summed E-state index contributed by atoms with van der Waals surface area (Å²) >= 11 is 1.47. The molecule has 0 N–H and O–H groups in total. The van der Waals surface area contributed by atoms with Gasteiger partial charge in [-0.15, -0.1) is 10.2 Å². The molecule has 3 aromatic rings. The van der Waals surface area contributed by atoms with E-state index < -0.39 is 0 Å². The summed E-state index contributed by atoms with van der Waals surface area (Å²) in [4.78, 5) is 17.3. The monoisotopic (exact) mass is 465 g/mol. The quantitative estimate of drug-likeness (QED) is 0.489. The maximum atomic E-state index is 13.0. The fourth-order valence-corrected chi connectivity index (χ4v) is 5.04. The van der Waals surface area contributed by atoms with Gasteiger partial charge in [-0.3, -0.25) is 4.79 Å². The third-order valence-electron chi connectivity index (χ3n) is 6.03. The molecule has 0 saturated carbocycles. The summed E-state index contributed by atoms with van der Waals surface area (Å²) in [5.41, 5.74) is 3.41. The summed E-state index contributed by atoms with van der Waals surface area (Å²) in [5.74, 6) is 2.23. The van der Waals surface area contributed by atoms with E-state index in [0.717, 1.165) is 61.4 Å². The van der Waals surface area contributed by atoms with Crippen LogP contribution >= 0.6 is 11.8 Å². The molecule has 0 spiro atoms. The largest absolute Gasteiger partial charge is 0.497 e. The molecular weight excluding hydrogens is 434 g/mol. The first-order valence-corrected chi connectivity index (χ1v) is 12.4. The van der Waals surface area contributed by atoms with Gasteiger partial charge in [0.15, 0.2) is 11.0 Å². The van der Waals surface area contributed by atoms with E-state index in [1.54, 1.807) is 7.11 Å². The van der Waals surface area contributed by atoms with Crippen LogP contribution in [-0.4, -0.2) is 64.6 Å². The predicted octanol–water partition coefficient (Wildman–Crippen LogP) is 4.11. The normalized spacial score (nSPS) is 14.3. The summed E-state index contributed by atoms with van der Waals surface area (Å²) in [5, 5.41) is 9.61. The number of nitrogens with zero attached hydrogens (tertiary/aromatic N) is 5. The molecule has 1 aromatic heterocycles. The molecule has 1 aliphatic heterocycles. The zero-order chi connectivity index (χ0) is 23.2. The Labute approximate surface area is 199 Å². The van der Waals surface area contributed by atoms with E-state index in [0.29, 0.717) is 5.75 Å². The van der Waals surface area contributed by atoms with Gasteiger partial charge < -0.3 is 19.1 Å². The molecule has 1 amide bonds. The van der Waals surface area contributed by atoms with Crippen LogP contribution in [0.3, 0.4) is 0 Å². The standard InChI is InChI=1S/C25H31N5O2S/c1-4-30-24(22-9-6-5-8-19(22)2)26-27-25(30)33-18-23(31)29-15-7-14-28(16-17-29)20-10-12-21(32-3)13-11-20/h5-6,8-13H,4,7,14-18H2,1-3H3. The summed E-state index contributed by atoms with van der Waals surface area (Å²) in [6.07, 6.45) is 0.949. The number of rotatable bonds is 7. The van der Waals surface area contributed by atoms with E-state index in [1.807, 2.05) is 29.2 Å². The van der Waals surface area contributed by atoms with Gasteiger partial charge in [-0.2, -0.15) is 0 Å². The number of aromatic nitrogens is 3. The van der Waals surface area contributed by atoms with E-state index in [9.17, 15) is 4.79 Å². The second-order valence-corrected chi connectivity index (χ2v) is 9.02. The molecule has 0 atom stereocenters. The van der Waals surface area contributed by atoms with Crippen molar-refractivity contribution in [3.8, 4) is 17.1 Å². The van der Waals surface area contributed by atoms with Crippen molar-refractivity contribution < 1.29 is 9.53 Å². The molecule has 8 heteroatoms. The Kier molecular flexibility index (Phi) is 7.54. The molecule has 2 heterocycles. The molecule has 0 aliphatic carbocycles. The second-order valence-electron chi connectivity index (χ2n) is 8.07. The number of carbonyl (C=O) groups is 1. The Hall–Kier alpha value is -3.00. The number of methoxy groups -OCH3 is 1. The average Bonchev–Trinajstić information content (AvgIpc) is 3.09. The molecular formula is C25H31N5O2S. The van der Waals surface area contributed by atoms with Crippen LogP contribution in [0.1, 0.15) is 18.9 Å². The zero-order valence-electron chi connectivity index (χ0n) is 19.5. The van der Waals surface area contributed by atoms with E-state index >= 15 is 0 Å². The molecule has 7 nitrogen and oxygen atoms in total. The molecule has 33 heavy (non-hydrogen) atoms. The zero-order valence-corrected chi connectivity index (χ0v) is 20.3. The number of hydrogen-bond donors (Lipinski definition) is 0. The van der Waals surface area contributed by atoms with Crippen molar-refractivity contribution in [1.29, 1.82) is 0 Å². The van der Waals surface area contributed by atoms with Gasteiger partial charge >= 0.3 is 0 Å². The Balaban J connectivity index is 1.37. The predicted molar refractivity (Wildman–Crippen MR) is 133 cm³/mol. The lowest BCUT2D eigenvalue weighted by atomic mass is 10.1. The first-order chi connectivity index (χ1) is 16.1. The third kappa shape index (κ3) is 5.33. The van der Waals surface area contributed by atoms with Crippen LogP contribution in [0.25, 0.3) is 11.4 Å². The second kappa shape index (κ2) is 10.7.